The Balaban J connectivity index is 0.000000148. The zero-order valence-corrected chi connectivity index (χ0v) is 56.1. The van der Waals surface area contributed by atoms with Crippen molar-refractivity contribution in [3.63, 3.8) is 0 Å². The van der Waals surface area contributed by atoms with Crippen LogP contribution in [-0.4, -0.2) is 158 Å². The summed E-state index contributed by atoms with van der Waals surface area (Å²) in [5, 5.41) is 66.6. The number of H-pyrrole nitrogens is 1. The fourth-order valence-corrected chi connectivity index (χ4v) is 12.8. The minimum atomic E-state index is -3.35. The van der Waals surface area contributed by atoms with Crippen LogP contribution in [0.3, 0.4) is 0 Å². The van der Waals surface area contributed by atoms with Gasteiger partial charge < -0.3 is 54.9 Å². The number of carbonyl (C=O) groups excluding carboxylic acids is 5. The van der Waals surface area contributed by atoms with Crippen LogP contribution in [0.2, 0.25) is 0 Å². The van der Waals surface area contributed by atoms with E-state index in [2.05, 4.69) is 48.4 Å². The molecule has 3 saturated carbocycles. The lowest BCUT2D eigenvalue weighted by atomic mass is 10.0. The first-order valence-electron chi connectivity index (χ1n) is 33.9. The quantitative estimate of drug-likeness (QED) is 0.0438. The van der Waals surface area contributed by atoms with Crippen LogP contribution in [0.25, 0.3) is 33.4 Å². The summed E-state index contributed by atoms with van der Waals surface area (Å²) < 4.78 is 68.5. The van der Waals surface area contributed by atoms with Gasteiger partial charge in [-0.1, -0.05) is 54.6 Å². The average molecular weight is 1400 g/mol. The molecule has 6 fully saturated rings. The Hall–Kier alpha value is -11.4. The lowest BCUT2D eigenvalue weighted by Crippen LogP contribution is -2.55. The molecule has 6 N–H and O–H groups in total. The van der Waals surface area contributed by atoms with Crippen molar-refractivity contribution < 1.29 is 66.3 Å². The number of aromatic nitrogens is 5. The van der Waals surface area contributed by atoms with Gasteiger partial charge in [-0.15, -0.1) is 0 Å². The fraction of sp³-hybridized carbons (Fsp3) is 0.355. The largest absolute Gasteiger partial charge is 0.489 e. The zero-order valence-electron chi connectivity index (χ0n) is 56.1. The molecule has 103 heavy (non-hydrogen) atoms. The van der Waals surface area contributed by atoms with Crippen LogP contribution in [0.5, 0.6) is 17.2 Å². The number of anilines is 3. The van der Waals surface area contributed by atoms with Crippen molar-refractivity contribution in [2.75, 3.05) is 68.6 Å². The van der Waals surface area contributed by atoms with E-state index in [0.717, 1.165) is 76.1 Å². The second kappa shape index (κ2) is 32.0. The van der Waals surface area contributed by atoms with Gasteiger partial charge >= 0.3 is 5.92 Å². The molecule has 7 atom stereocenters. The third-order valence-corrected chi connectivity index (χ3v) is 18.8. The standard InChI is InChI=1S/C28H27F2N5O4.C26H25FN6O4.C22H22N2O3/c1-34-14-20(13-32-34)22-11-23(22)27(38)33-21-4-2-3-17(10-21)18-5-6-24(19(9-18)12-31)39-25-7-8-35(26(37)15-36)16-28(25,29)30;27-21-12-33(24(35)13-34)7-6-23(21)37-22-5-4-16(8-17(22)11-28)15-2-1-3-18(9-15)31-26(36)20-10-19(20)25-29-14-30-32-25;23-14-18-12-17(6-7-21(18)27-20-8-10-26-11-9-20)16-2-1-3-19(13-16)24-22(25)15-4-5-15/h2-6,9-10,13-14,22-23,25,36H,7-8,11,15-16H2,1H3,(H,33,38);1-5,8-9,14,19-21,23,34H,6-7,10,12-13H2,(H,31,36)(H,29,30,32);1-3,6-7,12-13,15,20H,4-5,8-11H2,(H,24,25)/t22-,23+,25-;19?,20?,21-,23+;/m01./s1. The van der Waals surface area contributed by atoms with E-state index in [-0.39, 0.29) is 109 Å². The molecule has 2 unspecified atom stereocenters. The summed E-state index contributed by atoms with van der Waals surface area (Å²) in [5.41, 5.74) is 8.73. The predicted octanol–water partition coefficient (Wildman–Crippen LogP) is 9.84. The normalized spacial score (nSPS) is 20.8. The van der Waals surface area contributed by atoms with E-state index in [1.807, 2.05) is 86.0 Å². The van der Waals surface area contributed by atoms with Gasteiger partial charge in [-0.25, -0.2) is 18.2 Å². The maximum atomic E-state index is 14.7. The summed E-state index contributed by atoms with van der Waals surface area (Å²) >= 11 is 0. The number of aliphatic hydroxyl groups excluding tert-OH is 2. The molecule has 5 amide bonds. The monoisotopic (exact) mass is 1400 g/mol. The highest BCUT2D eigenvalue weighted by atomic mass is 19.3. The number of ether oxygens (including phenoxy) is 4. The second-order valence-electron chi connectivity index (χ2n) is 26.2. The van der Waals surface area contributed by atoms with E-state index in [1.54, 1.807) is 65.5 Å². The Labute approximate surface area is 590 Å². The highest BCUT2D eigenvalue weighted by Crippen LogP contribution is 2.49. The number of alkyl halides is 3. The third-order valence-electron chi connectivity index (χ3n) is 18.8. The fourth-order valence-electron chi connectivity index (χ4n) is 12.8. The van der Waals surface area contributed by atoms with Crippen molar-refractivity contribution in [1.82, 2.24) is 34.8 Å². The van der Waals surface area contributed by atoms with Crippen LogP contribution in [0.1, 0.15) is 91.3 Å². The molecule has 0 radical (unpaired) electrons. The summed E-state index contributed by atoms with van der Waals surface area (Å²) in [6, 6.07) is 44.0. The number of hydrogen-bond acceptors (Lipinski definition) is 17. The molecular formula is C76H74F3N13O11. The molecule has 0 bridgehead atoms. The van der Waals surface area contributed by atoms with Crippen LogP contribution < -0.4 is 30.2 Å². The molecule has 6 aromatic carbocycles. The number of hydrogen-bond donors (Lipinski definition) is 6. The summed E-state index contributed by atoms with van der Waals surface area (Å²) in [6.45, 7) is -0.840. The molecule has 3 saturated heterocycles. The Bertz CT molecular complexity index is 4560. The van der Waals surface area contributed by atoms with Gasteiger partial charge in [-0.05, 0) is 143 Å². The second-order valence-corrected chi connectivity index (χ2v) is 26.2. The van der Waals surface area contributed by atoms with E-state index < -0.39 is 55.9 Å². The molecule has 8 aromatic rings. The summed E-state index contributed by atoms with van der Waals surface area (Å²) in [6.07, 6.45) is 6.68. The molecule has 5 heterocycles. The summed E-state index contributed by atoms with van der Waals surface area (Å²) in [5.74, 6) is -3.01. The predicted molar refractivity (Wildman–Crippen MR) is 369 cm³/mol. The molecule has 3 aliphatic carbocycles. The Morgan fingerprint density at radius 3 is 1.60 bits per heavy atom. The number of amides is 5. The molecule has 0 spiro atoms. The number of nitrogens with zero attached hydrogens (tertiary/aromatic N) is 9. The van der Waals surface area contributed by atoms with Crippen molar-refractivity contribution >= 4 is 46.6 Å². The molecule has 530 valence electrons. The van der Waals surface area contributed by atoms with Crippen molar-refractivity contribution in [2.24, 2.45) is 24.8 Å². The topological polar surface area (TPSA) is 336 Å². The van der Waals surface area contributed by atoms with Gasteiger partial charge in [0.05, 0.1) is 49.2 Å². The van der Waals surface area contributed by atoms with Crippen LogP contribution in [0.15, 0.2) is 146 Å². The number of rotatable bonds is 19. The summed E-state index contributed by atoms with van der Waals surface area (Å²) in [7, 11) is 1.84. The maximum absolute atomic E-state index is 14.7. The molecule has 27 heteroatoms. The van der Waals surface area contributed by atoms with E-state index in [0.29, 0.717) is 53.7 Å². The van der Waals surface area contributed by atoms with E-state index >= 15 is 0 Å². The summed E-state index contributed by atoms with van der Waals surface area (Å²) in [4.78, 5) is 67.0. The molecule has 24 nitrogen and oxygen atoms in total. The smallest absolute Gasteiger partial charge is 0.301 e. The van der Waals surface area contributed by atoms with Crippen molar-refractivity contribution in [1.29, 1.82) is 15.8 Å². The van der Waals surface area contributed by atoms with Crippen molar-refractivity contribution in [3.05, 3.63) is 174 Å². The van der Waals surface area contributed by atoms with E-state index in [9.17, 15) is 52.9 Å². The molecule has 14 rings (SSSR count). The molecular weight excluding hydrogens is 1330 g/mol. The first kappa shape index (κ1) is 71.4. The maximum Gasteiger partial charge on any atom is 0.301 e. The van der Waals surface area contributed by atoms with Gasteiger partial charge in [0, 0.05) is 92.8 Å². The Kier molecular flexibility index (Phi) is 22.2. The van der Waals surface area contributed by atoms with Crippen LogP contribution in [-0.2, 0) is 35.8 Å². The highest BCUT2D eigenvalue weighted by Gasteiger charge is 2.49. The minimum absolute atomic E-state index is 0.0158. The van der Waals surface area contributed by atoms with Gasteiger partial charge in [0.25, 0.3) is 0 Å². The SMILES string of the molecule is Cn1cc([C@@H]2C[C@H]2C(=O)Nc2cccc(-c3ccc(O[C@H]4CCN(C(=O)CO)CC4(F)F)c(C#N)c3)c2)cn1.N#Cc1cc(-c2cccc(NC(=O)C3CC3)c2)ccc1OC1CCOCC1.N#Cc1cc(-c2cccc(NC(=O)C3CC3c3ncn[nH]3)c2)ccc1O[C@H]1CCN(C(=O)CO)C[C@H]1F. The molecule has 6 aliphatic rings. The van der Waals surface area contributed by atoms with Crippen LogP contribution >= 0.6 is 0 Å². The number of piperidine rings is 2. The van der Waals surface area contributed by atoms with Gasteiger partial charge in [-0.3, -0.25) is 33.8 Å². The number of aliphatic hydroxyl groups is 2. The first-order valence-corrected chi connectivity index (χ1v) is 33.9. The number of nitrogens with one attached hydrogen (secondary N) is 4. The van der Waals surface area contributed by atoms with Gasteiger partial charge in [0.1, 0.15) is 73.0 Å². The van der Waals surface area contributed by atoms with Crippen molar-refractivity contribution in [3.8, 4) is 68.8 Å². The lowest BCUT2D eigenvalue weighted by Gasteiger charge is -2.38. The number of halogens is 3. The molecule has 2 aromatic heterocycles. The number of benzene rings is 6. The number of likely N-dealkylation sites (tertiary alicyclic amines) is 2. The number of aromatic amines is 1. The third kappa shape index (κ3) is 17.8. The van der Waals surface area contributed by atoms with E-state index in [4.69, 9.17) is 29.2 Å². The Morgan fingerprint density at radius 1 is 0.621 bits per heavy atom. The highest BCUT2D eigenvalue weighted by molar-refractivity contribution is 5.97. The van der Waals surface area contributed by atoms with E-state index in [1.165, 1.54) is 17.3 Å². The van der Waals surface area contributed by atoms with Gasteiger partial charge in [0.15, 0.2) is 12.3 Å². The average Bonchev–Trinajstić information content (AvgIpc) is 1.71. The van der Waals surface area contributed by atoms with Gasteiger partial charge in [0.2, 0.25) is 29.5 Å². The van der Waals surface area contributed by atoms with Crippen LogP contribution in [0, 0.1) is 51.7 Å². The zero-order chi connectivity index (χ0) is 72.3. The molecule has 3 aliphatic heterocycles. The minimum Gasteiger partial charge on any atom is -0.489 e. The number of carbonyl (C=O) groups is 5. The van der Waals surface area contributed by atoms with Crippen molar-refractivity contribution in [2.45, 2.75) is 93.6 Å². The lowest BCUT2D eigenvalue weighted by molar-refractivity contribution is -0.161. The first-order chi connectivity index (χ1) is 49.9. The van der Waals surface area contributed by atoms with Crippen LogP contribution in [0.4, 0.5) is 30.2 Å². The van der Waals surface area contributed by atoms with Gasteiger partial charge in [-0.2, -0.15) is 26.0 Å². The Morgan fingerprint density at radius 2 is 1.12 bits per heavy atom. The number of nitriles is 3. The number of aryl methyl sites for hydroxylation is 1.